The number of aromatic carboxylic acids is 1. The molecule has 0 fully saturated rings. The first-order valence-electron chi connectivity index (χ1n) is 6.15. The third-order valence-electron chi connectivity index (χ3n) is 2.78. The molecule has 2 heterocycles. The smallest absolute Gasteiger partial charge is 0.340 e. The predicted octanol–water partition coefficient (Wildman–Crippen LogP) is 2.75. The van der Waals surface area contributed by atoms with Crippen LogP contribution in [0, 0.1) is 13.8 Å². The molecule has 0 radical (unpaired) electrons. The Hall–Kier alpha value is -1.95. The highest BCUT2D eigenvalue weighted by Gasteiger charge is 2.25. The maximum Gasteiger partial charge on any atom is 0.340 e. The summed E-state index contributed by atoms with van der Waals surface area (Å²) in [6.07, 6.45) is 0. The molecule has 2 aromatic heterocycles. The molecule has 0 aliphatic rings. The summed E-state index contributed by atoms with van der Waals surface area (Å²) in [6.45, 7) is 7.38. The van der Waals surface area contributed by atoms with E-state index >= 15 is 0 Å². The van der Waals surface area contributed by atoms with Crippen LogP contribution in [-0.4, -0.2) is 30.8 Å². The standard InChI is InChI=1S/C13H15ClN4O2/c1-6(2)10-9(12(19)20)11(14)18(17-10)13-15-7(3)5-8(4)16-13/h5-6H,1-4H3,(H,19,20). The summed E-state index contributed by atoms with van der Waals surface area (Å²) in [4.78, 5) is 19.8. The van der Waals surface area contributed by atoms with Crippen LogP contribution in [0.4, 0.5) is 0 Å². The zero-order chi connectivity index (χ0) is 15.0. The molecule has 0 aromatic carbocycles. The molecule has 0 aliphatic heterocycles. The van der Waals surface area contributed by atoms with Crippen molar-refractivity contribution in [3.05, 3.63) is 33.9 Å². The second-order valence-corrected chi connectivity index (χ2v) is 5.23. The number of hydrogen-bond donors (Lipinski definition) is 1. The van der Waals surface area contributed by atoms with Crippen LogP contribution < -0.4 is 0 Å². The van der Waals surface area contributed by atoms with Crippen LogP contribution in [0.1, 0.15) is 47.2 Å². The summed E-state index contributed by atoms with van der Waals surface area (Å²) in [5.41, 5.74) is 1.96. The number of rotatable bonds is 3. The van der Waals surface area contributed by atoms with Gasteiger partial charge in [-0.2, -0.15) is 9.78 Å². The summed E-state index contributed by atoms with van der Waals surface area (Å²) in [7, 11) is 0. The summed E-state index contributed by atoms with van der Waals surface area (Å²) >= 11 is 6.15. The van der Waals surface area contributed by atoms with Crippen molar-refractivity contribution < 1.29 is 9.90 Å². The number of carboxylic acid groups (broad SMARTS) is 1. The van der Waals surface area contributed by atoms with Gasteiger partial charge < -0.3 is 5.11 Å². The van der Waals surface area contributed by atoms with E-state index in [0.717, 1.165) is 11.4 Å². The largest absolute Gasteiger partial charge is 0.478 e. The van der Waals surface area contributed by atoms with E-state index in [1.807, 2.05) is 33.8 Å². The molecule has 2 aromatic rings. The lowest BCUT2D eigenvalue weighted by Crippen LogP contribution is -2.06. The van der Waals surface area contributed by atoms with E-state index in [9.17, 15) is 9.90 Å². The normalized spacial score (nSPS) is 11.1. The second-order valence-electron chi connectivity index (χ2n) is 4.87. The first-order chi connectivity index (χ1) is 9.31. The maximum atomic E-state index is 11.3. The number of carbonyl (C=O) groups is 1. The van der Waals surface area contributed by atoms with Gasteiger partial charge in [-0.05, 0) is 25.8 Å². The van der Waals surface area contributed by atoms with Crippen molar-refractivity contribution in [3.8, 4) is 5.95 Å². The topological polar surface area (TPSA) is 80.9 Å². The number of hydrogen-bond acceptors (Lipinski definition) is 4. The van der Waals surface area contributed by atoms with E-state index in [0.29, 0.717) is 5.69 Å². The highest BCUT2D eigenvalue weighted by atomic mass is 35.5. The third-order valence-corrected chi connectivity index (χ3v) is 3.13. The van der Waals surface area contributed by atoms with Crippen LogP contribution in [0.3, 0.4) is 0 Å². The number of nitrogens with zero attached hydrogens (tertiary/aromatic N) is 4. The minimum atomic E-state index is -1.10. The molecule has 0 unspecified atom stereocenters. The fourth-order valence-electron chi connectivity index (χ4n) is 1.95. The molecule has 20 heavy (non-hydrogen) atoms. The molecular formula is C13H15ClN4O2. The number of carboxylic acids is 1. The predicted molar refractivity (Wildman–Crippen MR) is 74.7 cm³/mol. The van der Waals surface area contributed by atoms with Gasteiger partial charge in [0.1, 0.15) is 5.56 Å². The highest BCUT2D eigenvalue weighted by molar-refractivity contribution is 6.32. The van der Waals surface area contributed by atoms with Gasteiger partial charge in [0.15, 0.2) is 5.15 Å². The first kappa shape index (κ1) is 14.5. The zero-order valence-corrected chi connectivity index (χ0v) is 12.4. The minimum Gasteiger partial charge on any atom is -0.478 e. The SMILES string of the molecule is Cc1cc(C)nc(-n2nc(C(C)C)c(C(=O)O)c2Cl)n1. The monoisotopic (exact) mass is 294 g/mol. The average Bonchev–Trinajstić information content (AvgIpc) is 2.65. The van der Waals surface area contributed by atoms with Crippen LogP contribution >= 0.6 is 11.6 Å². The van der Waals surface area contributed by atoms with Gasteiger partial charge in [-0.15, -0.1) is 0 Å². The molecule has 0 aliphatic carbocycles. The van der Waals surface area contributed by atoms with Crippen molar-refractivity contribution in [3.63, 3.8) is 0 Å². The maximum absolute atomic E-state index is 11.3. The Balaban J connectivity index is 2.69. The van der Waals surface area contributed by atoms with Crippen LogP contribution in [0.25, 0.3) is 5.95 Å². The summed E-state index contributed by atoms with van der Waals surface area (Å²) in [5.74, 6) is -0.887. The van der Waals surface area contributed by atoms with Gasteiger partial charge in [0.2, 0.25) is 0 Å². The van der Waals surface area contributed by atoms with Crippen molar-refractivity contribution >= 4 is 17.6 Å². The molecular weight excluding hydrogens is 280 g/mol. The lowest BCUT2D eigenvalue weighted by molar-refractivity contribution is 0.0695. The number of halogens is 1. The third kappa shape index (κ3) is 2.51. The first-order valence-corrected chi connectivity index (χ1v) is 6.53. The second kappa shape index (κ2) is 5.20. The lowest BCUT2D eigenvalue weighted by Gasteiger charge is -2.03. The Labute approximate surface area is 121 Å². The Kier molecular flexibility index (Phi) is 3.76. The van der Waals surface area contributed by atoms with E-state index < -0.39 is 5.97 Å². The van der Waals surface area contributed by atoms with Gasteiger partial charge in [-0.3, -0.25) is 0 Å². The van der Waals surface area contributed by atoms with E-state index in [4.69, 9.17) is 11.6 Å². The Bertz CT molecular complexity index is 659. The molecule has 0 saturated carbocycles. The van der Waals surface area contributed by atoms with E-state index in [2.05, 4.69) is 15.1 Å². The van der Waals surface area contributed by atoms with Gasteiger partial charge in [0, 0.05) is 11.4 Å². The molecule has 0 spiro atoms. The molecule has 106 valence electrons. The van der Waals surface area contributed by atoms with Crippen molar-refractivity contribution in [2.45, 2.75) is 33.6 Å². The van der Waals surface area contributed by atoms with E-state index in [-0.39, 0.29) is 22.6 Å². The van der Waals surface area contributed by atoms with Crippen LogP contribution in [-0.2, 0) is 0 Å². The van der Waals surface area contributed by atoms with Gasteiger partial charge >= 0.3 is 5.97 Å². The summed E-state index contributed by atoms with van der Waals surface area (Å²) in [5, 5.41) is 13.6. The van der Waals surface area contributed by atoms with E-state index in [1.165, 1.54) is 4.68 Å². The van der Waals surface area contributed by atoms with Gasteiger partial charge in [0.25, 0.3) is 5.95 Å². The van der Waals surface area contributed by atoms with Crippen molar-refractivity contribution in [1.29, 1.82) is 0 Å². The molecule has 0 amide bonds. The number of aromatic nitrogens is 4. The van der Waals surface area contributed by atoms with Gasteiger partial charge in [-0.25, -0.2) is 14.8 Å². The van der Waals surface area contributed by atoms with Gasteiger partial charge in [0.05, 0.1) is 5.69 Å². The van der Waals surface area contributed by atoms with Crippen molar-refractivity contribution in [1.82, 2.24) is 19.7 Å². The molecule has 2 rings (SSSR count). The van der Waals surface area contributed by atoms with Crippen molar-refractivity contribution in [2.24, 2.45) is 0 Å². The van der Waals surface area contributed by atoms with Crippen LogP contribution in [0.15, 0.2) is 6.07 Å². The number of aryl methyl sites for hydroxylation is 2. The van der Waals surface area contributed by atoms with Crippen LogP contribution in [0.5, 0.6) is 0 Å². The molecule has 1 N–H and O–H groups in total. The van der Waals surface area contributed by atoms with Crippen LogP contribution in [0.2, 0.25) is 5.15 Å². The zero-order valence-electron chi connectivity index (χ0n) is 11.7. The fourth-order valence-corrected chi connectivity index (χ4v) is 2.24. The van der Waals surface area contributed by atoms with Crippen molar-refractivity contribution in [2.75, 3.05) is 0 Å². The highest BCUT2D eigenvalue weighted by Crippen LogP contribution is 2.27. The fraction of sp³-hybridized carbons (Fsp3) is 0.385. The summed E-state index contributed by atoms with van der Waals surface area (Å²) < 4.78 is 1.28. The Morgan fingerprint density at radius 3 is 2.25 bits per heavy atom. The molecule has 6 nitrogen and oxygen atoms in total. The summed E-state index contributed by atoms with van der Waals surface area (Å²) in [6, 6.07) is 1.82. The molecule has 0 saturated heterocycles. The molecule has 0 atom stereocenters. The Morgan fingerprint density at radius 2 is 1.85 bits per heavy atom. The average molecular weight is 295 g/mol. The van der Waals surface area contributed by atoms with Gasteiger partial charge in [-0.1, -0.05) is 25.4 Å². The quantitative estimate of drug-likeness (QED) is 0.941. The van der Waals surface area contributed by atoms with E-state index in [1.54, 1.807) is 0 Å². The minimum absolute atomic E-state index is 0.00410. The molecule has 0 bridgehead atoms. The Morgan fingerprint density at radius 1 is 1.30 bits per heavy atom. The lowest BCUT2D eigenvalue weighted by atomic mass is 10.1. The molecule has 7 heteroatoms.